The first-order valence-corrected chi connectivity index (χ1v) is 4.27. The molecule has 0 saturated heterocycles. The lowest BCUT2D eigenvalue weighted by atomic mass is 10.1. The minimum absolute atomic E-state index is 0.112. The lowest BCUT2D eigenvalue weighted by Crippen LogP contribution is -2.37. The van der Waals surface area contributed by atoms with Gasteiger partial charge in [-0.1, -0.05) is 12.1 Å². The number of phenols is 1. The first kappa shape index (κ1) is 11.0. The quantitative estimate of drug-likeness (QED) is 0.596. The molecule has 1 atom stereocenters. The van der Waals surface area contributed by atoms with Gasteiger partial charge in [-0.05, 0) is 17.7 Å². The SMILES string of the molecule is O=[C]NC(Cc1ccc(O)cc1)C(=O)O. The molecule has 0 spiro atoms. The molecule has 0 heterocycles. The molecule has 1 unspecified atom stereocenters. The van der Waals surface area contributed by atoms with Crippen molar-refractivity contribution < 1.29 is 19.8 Å². The molecule has 0 saturated carbocycles. The Hall–Kier alpha value is -2.04. The summed E-state index contributed by atoms with van der Waals surface area (Å²) in [6, 6.07) is 5.11. The summed E-state index contributed by atoms with van der Waals surface area (Å²) in [6.45, 7) is 0. The maximum Gasteiger partial charge on any atom is 0.326 e. The average molecular weight is 208 g/mol. The molecule has 15 heavy (non-hydrogen) atoms. The van der Waals surface area contributed by atoms with Gasteiger partial charge < -0.3 is 15.5 Å². The van der Waals surface area contributed by atoms with Gasteiger partial charge in [-0.15, -0.1) is 0 Å². The molecule has 3 N–H and O–H groups in total. The van der Waals surface area contributed by atoms with Crippen LogP contribution in [-0.2, 0) is 16.0 Å². The number of amides is 1. The van der Waals surface area contributed by atoms with Crippen LogP contribution >= 0.6 is 0 Å². The molecule has 0 bridgehead atoms. The fourth-order valence-corrected chi connectivity index (χ4v) is 1.14. The van der Waals surface area contributed by atoms with E-state index in [2.05, 4.69) is 5.32 Å². The second-order valence-corrected chi connectivity index (χ2v) is 3.01. The molecule has 1 radical (unpaired) electrons. The predicted octanol–water partition coefficient (Wildman–Crippen LogP) is 0.0447. The Bertz CT molecular complexity index is 347. The van der Waals surface area contributed by atoms with Crippen molar-refractivity contribution in [3.05, 3.63) is 29.8 Å². The van der Waals surface area contributed by atoms with Gasteiger partial charge in [-0.2, -0.15) is 0 Å². The van der Waals surface area contributed by atoms with Gasteiger partial charge in [-0.25, -0.2) is 4.79 Å². The molecule has 0 aliphatic heterocycles. The van der Waals surface area contributed by atoms with E-state index in [1.54, 1.807) is 12.1 Å². The van der Waals surface area contributed by atoms with Crippen LogP contribution in [0.1, 0.15) is 5.56 Å². The smallest absolute Gasteiger partial charge is 0.326 e. The lowest BCUT2D eigenvalue weighted by molar-refractivity contribution is -0.139. The number of carboxylic acids is 1. The predicted molar refractivity (Wildman–Crippen MR) is 52.1 cm³/mol. The minimum atomic E-state index is -1.12. The summed E-state index contributed by atoms with van der Waals surface area (Å²) in [4.78, 5) is 20.7. The standard InChI is InChI=1S/C10H10NO4/c12-6-11-9(10(14)15)5-7-1-3-8(13)4-2-7/h1-4,9,13H,5H2,(H,11,12)(H,14,15). The molecule has 1 aromatic carbocycles. The number of phenolic OH excluding ortho intramolecular Hbond substituents is 1. The zero-order valence-electron chi connectivity index (χ0n) is 7.80. The summed E-state index contributed by atoms with van der Waals surface area (Å²) in [5.74, 6) is -1.01. The van der Waals surface area contributed by atoms with Gasteiger partial charge >= 0.3 is 12.4 Å². The van der Waals surface area contributed by atoms with Gasteiger partial charge in [0.2, 0.25) is 0 Å². The van der Waals surface area contributed by atoms with Crippen molar-refractivity contribution in [3.63, 3.8) is 0 Å². The zero-order chi connectivity index (χ0) is 11.3. The van der Waals surface area contributed by atoms with Crippen LogP contribution in [0.2, 0.25) is 0 Å². The third-order valence-electron chi connectivity index (χ3n) is 1.91. The maximum atomic E-state index is 10.7. The molecule has 0 aliphatic rings. The highest BCUT2D eigenvalue weighted by molar-refractivity contribution is 5.76. The minimum Gasteiger partial charge on any atom is -0.508 e. The van der Waals surface area contributed by atoms with Crippen molar-refractivity contribution in [1.29, 1.82) is 0 Å². The number of rotatable bonds is 5. The van der Waals surface area contributed by atoms with E-state index in [1.165, 1.54) is 18.5 Å². The maximum absolute atomic E-state index is 10.7. The number of nitrogens with one attached hydrogen (secondary N) is 1. The lowest BCUT2D eigenvalue weighted by Gasteiger charge is -2.10. The van der Waals surface area contributed by atoms with Crippen LogP contribution in [0, 0.1) is 0 Å². The number of benzene rings is 1. The summed E-state index contributed by atoms with van der Waals surface area (Å²) < 4.78 is 0. The molecule has 0 aliphatic carbocycles. The Labute approximate surface area is 86.4 Å². The molecule has 0 fully saturated rings. The van der Waals surface area contributed by atoms with Gasteiger partial charge in [0.15, 0.2) is 0 Å². The van der Waals surface area contributed by atoms with Gasteiger partial charge in [0.1, 0.15) is 11.8 Å². The first-order valence-electron chi connectivity index (χ1n) is 4.27. The number of carboxylic acid groups (broad SMARTS) is 1. The topological polar surface area (TPSA) is 86.6 Å². The molecule has 0 aromatic heterocycles. The molecule has 79 valence electrons. The fourth-order valence-electron chi connectivity index (χ4n) is 1.14. The van der Waals surface area contributed by atoms with E-state index in [1.807, 2.05) is 0 Å². The highest BCUT2D eigenvalue weighted by atomic mass is 16.4. The van der Waals surface area contributed by atoms with Crippen LogP contribution in [0.3, 0.4) is 0 Å². The molecular weight excluding hydrogens is 198 g/mol. The molecule has 1 aromatic rings. The van der Waals surface area contributed by atoms with Gasteiger partial charge in [0.05, 0.1) is 0 Å². The van der Waals surface area contributed by atoms with Crippen molar-refractivity contribution in [1.82, 2.24) is 5.32 Å². The summed E-state index contributed by atoms with van der Waals surface area (Å²) in [7, 11) is 0. The van der Waals surface area contributed by atoms with E-state index in [9.17, 15) is 9.59 Å². The third-order valence-corrected chi connectivity index (χ3v) is 1.91. The number of carbonyl (C=O) groups excluding carboxylic acids is 1. The average Bonchev–Trinajstić information content (AvgIpc) is 2.20. The number of aromatic hydroxyl groups is 1. The second-order valence-electron chi connectivity index (χ2n) is 3.01. The molecule has 1 rings (SSSR count). The van der Waals surface area contributed by atoms with Crippen LogP contribution in [0.4, 0.5) is 0 Å². The van der Waals surface area contributed by atoms with Crippen LogP contribution in [0.5, 0.6) is 5.75 Å². The second kappa shape index (κ2) is 4.99. The van der Waals surface area contributed by atoms with Crippen molar-refractivity contribution in [2.45, 2.75) is 12.5 Å². The van der Waals surface area contributed by atoms with Gasteiger partial charge in [0, 0.05) is 6.42 Å². The number of aliphatic carboxylic acids is 1. The van der Waals surface area contributed by atoms with E-state index in [4.69, 9.17) is 10.2 Å². The van der Waals surface area contributed by atoms with Crippen molar-refractivity contribution >= 4 is 12.4 Å². The molecule has 5 nitrogen and oxygen atoms in total. The van der Waals surface area contributed by atoms with Gasteiger partial charge in [0.25, 0.3) is 0 Å². The van der Waals surface area contributed by atoms with Crippen molar-refractivity contribution in [3.8, 4) is 5.75 Å². The van der Waals surface area contributed by atoms with E-state index in [0.717, 1.165) is 0 Å². The number of carbonyl (C=O) groups is 1. The highest BCUT2D eigenvalue weighted by Gasteiger charge is 2.16. The largest absolute Gasteiger partial charge is 0.508 e. The summed E-state index contributed by atoms with van der Waals surface area (Å²) in [5, 5.41) is 19.8. The van der Waals surface area contributed by atoms with E-state index >= 15 is 0 Å². The van der Waals surface area contributed by atoms with E-state index in [0.29, 0.717) is 5.56 Å². The number of hydrogen-bond acceptors (Lipinski definition) is 3. The van der Waals surface area contributed by atoms with Crippen molar-refractivity contribution in [2.24, 2.45) is 0 Å². The Kier molecular flexibility index (Phi) is 3.68. The third kappa shape index (κ3) is 3.30. The first-order chi connectivity index (χ1) is 7.13. The number of hydrogen-bond donors (Lipinski definition) is 3. The normalized spacial score (nSPS) is 11.7. The summed E-state index contributed by atoms with van der Waals surface area (Å²) in [6.07, 6.45) is 1.51. The van der Waals surface area contributed by atoms with Gasteiger partial charge in [-0.3, -0.25) is 4.79 Å². The van der Waals surface area contributed by atoms with Crippen LogP contribution in [-0.4, -0.2) is 28.6 Å². The summed E-state index contributed by atoms with van der Waals surface area (Å²) >= 11 is 0. The Morgan fingerprint density at radius 1 is 1.40 bits per heavy atom. The summed E-state index contributed by atoms with van der Waals surface area (Å²) in [5.41, 5.74) is 0.711. The highest BCUT2D eigenvalue weighted by Crippen LogP contribution is 2.11. The van der Waals surface area contributed by atoms with E-state index < -0.39 is 12.0 Å². The Balaban J connectivity index is 2.69. The Morgan fingerprint density at radius 3 is 2.47 bits per heavy atom. The Morgan fingerprint density at radius 2 is 2.00 bits per heavy atom. The fraction of sp³-hybridized carbons (Fsp3) is 0.200. The van der Waals surface area contributed by atoms with Crippen LogP contribution in [0.15, 0.2) is 24.3 Å². The zero-order valence-corrected chi connectivity index (χ0v) is 7.80. The van der Waals surface area contributed by atoms with Crippen LogP contribution in [0.25, 0.3) is 0 Å². The van der Waals surface area contributed by atoms with Crippen LogP contribution < -0.4 is 5.32 Å². The molecule has 1 amide bonds. The van der Waals surface area contributed by atoms with E-state index in [-0.39, 0.29) is 12.2 Å². The van der Waals surface area contributed by atoms with Crippen molar-refractivity contribution in [2.75, 3.05) is 0 Å². The molecule has 5 heteroatoms. The molecular formula is C10H10NO4. The monoisotopic (exact) mass is 208 g/mol.